The summed E-state index contributed by atoms with van der Waals surface area (Å²) in [7, 11) is 0. The summed E-state index contributed by atoms with van der Waals surface area (Å²) >= 11 is 0. The van der Waals surface area contributed by atoms with Gasteiger partial charge in [-0.1, -0.05) is 19.9 Å². The second-order valence-corrected chi connectivity index (χ2v) is 6.53. The van der Waals surface area contributed by atoms with Gasteiger partial charge in [0.2, 0.25) is 11.8 Å². The summed E-state index contributed by atoms with van der Waals surface area (Å²) in [4.78, 5) is 26.5. The minimum absolute atomic E-state index is 0.0377. The largest absolute Gasteiger partial charge is 0.394 e. The summed E-state index contributed by atoms with van der Waals surface area (Å²) < 4.78 is 0. The zero-order valence-corrected chi connectivity index (χ0v) is 14.2. The Hall–Kier alpha value is -1.40. The number of aliphatic hydroxyl groups is 2. The third kappa shape index (κ3) is 5.62. The lowest BCUT2D eigenvalue weighted by molar-refractivity contribution is -0.137. The van der Waals surface area contributed by atoms with Crippen molar-refractivity contribution in [3.8, 4) is 0 Å². The number of hydrogen-bond donors (Lipinski definition) is 3. The zero-order valence-electron chi connectivity index (χ0n) is 14.2. The quantitative estimate of drug-likeness (QED) is 0.544. The number of nitrogens with one attached hydrogen (secondary N) is 1. The van der Waals surface area contributed by atoms with Crippen LogP contribution in [0.4, 0.5) is 0 Å². The molecule has 3 N–H and O–H groups in total. The minimum atomic E-state index is -0.493. The summed E-state index contributed by atoms with van der Waals surface area (Å²) in [5.41, 5.74) is 0. The van der Waals surface area contributed by atoms with E-state index in [0.29, 0.717) is 13.0 Å². The van der Waals surface area contributed by atoms with Crippen molar-refractivity contribution in [1.82, 2.24) is 10.2 Å². The van der Waals surface area contributed by atoms with Crippen molar-refractivity contribution < 1.29 is 19.8 Å². The van der Waals surface area contributed by atoms with E-state index in [2.05, 4.69) is 11.9 Å². The average Bonchev–Trinajstić information content (AvgIpc) is 3.00. The van der Waals surface area contributed by atoms with E-state index in [9.17, 15) is 19.8 Å². The van der Waals surface area contributed by atoms with Gasteiger partial charge >= 0.3 is 0 Å². The molecule has 0 aliphatic carbocycles. The molecule has 2 amide bonds. The number of allylic oxidation sites excluding steroid dienone is 1. The van der Waals surface area contributed by atoms with Crippen LogP contribution in [0.3, 0.4) is 0 Å². The average molecular weight is 326 g/mol. The highest BCUT2D eigenvalue weighted by Crippen LogP contribution is 2.21. The molecule has 1 saturated heterocycles. The second kappa shape index (κ2) is 9.67. The second-order valence-electron chi connectivity index (χ2n) is 6.53. The van der Waals surface area contributed by atoms with E-state index < -0.39 is 5.92 Å². The Bertz CT molecular complexity index is 411. The van der Waals surface area contributed by atoms with Crippen LogP contribution >= 0.6 is 0 Å². The number of amides is 2. The number of carbonyl (C=O) groups excluding carboxylic acids is 2. The van der Waals surface area contributed by atoms with Gasteiger partial charge in [0.1, 0.15) is 0 Å². The smallest absolute Gasteiger partial charge is 0.224 e. The first-order chi connectivity index (χ1) is 10.9. The number of rotatable bonds is 9. The highest BCUT2D eigenvalue weighted by molar-refractivity contribution is 5.86. The van der Waals surface area contributed by atoms with Crippen LogP contribution in [-0.2, 0) is 9.59 Å². The van der Waals surface area contributed by atoms with Gasteiger partial charge in [0.05, 0.1) is 31.2 Å². The fraction of sp³-hybridized carbons (Fsp3) is 0.765. The van der Waals surface area contributed by atoms with E-state index >= 15 is 0 Å². The van der Waals surface area contributed by atoms with Gasteiger partial charge in [-0.25, -0.2) is 0 Å². The van der Waals surface area contributed by atoms with Crippen LogP contribution in [0.2, 0.25) is 0 Å². The molecule has 132 valence electrons. The van der Waals surface area contributed by atoms with E-state index in [1.807, 2.05) is 13.8 Å². The molecule has 1 aliphatic rings. The molecule has 0 aromatic rings. The third-order valence-corrected chi connectivity index (χ3v) is 4.48. The van der Waals surface area contributed by atoms with Gasteiger partial charge in [0.15, 0.2) is 0 Å². The standard InChI is InChI=1S/C17H30N2O4/c1-4-6-13(17(23)18-15(11-21)12(2)3)9-16(22)19-8-5-7-14(19)10-20/h4,12-15,20-21H,1,5-11H2,2-3H3,(H,18,23)/t13-,14-,15+/m0/s1. The monoisotopic (exact) mass is 326 g/mol. The lowest BCUT2D eigenvalue weighted by Gasteiger charge is -2.26. The summed E-state index contributed by atoms with van der Waals surface area (Å²) in [6.07, 6.45) is 3.83. The number of hydrogen-bond acceptors (Lipinski definition) is 4. The predicted molar refractivity (Wildman–Crippen MR) is 88.6 cm³/mol. The number of nitrogens with zero attached hydrogens (tertiary/aromatic N) is 1. The van der Waals surface area contributed by atoms with Crippen molar-refractivity contribution in [2.45, 2.75) is 51.6 Å². The highest BCUT2D eigenvalue weighted by atomic mass is 16.3. The Kier molecular flexibility index (Phi) is 8.26. The molecule has 3 atom stereocenters. The Morgan fingerprint density at radius 2 is 2.09 bits per heavy atom. The number of aliphatic hydroxyl groups excluding tert-OH is 2. The van der Waals surface area contributed by atoms with Crippen molar-refractivity contribution in [2.75, 3.05) is 19.8 Å². The molecule has 1 rings (SSSR count). The van der Waals surface area contributed by atoms with Crippen LogP contribution in [0.5, 0.6) is 0 Å². The van der Waals surface area contributed by atoms with Crippen LogP contribution in [0.15, 0.2) is 12.7 Å². The first-order valence-corrected chi connectivity index (χ1v) is 8.37. The van der Waals surface area contributed by atoms with Gasteiger partial charge in [-0.05, 0) is 25.2 Å². The normalized spacial score (nSPS) is 20.4. The van der Waals surface area contributed by atoms with Crippen molar-refractivity contribution in [1.29, 1.82) is 0 Å². The molecule has 0 bridgehead atoms. The molecule has 23 heavy (non-hydrogen) atoms. The van der Waals surface area contributed by atoms with Crippen molar-refractivity contribution in [3.05, 3.63) is 12.7 Å². The Balaban J connectivity index is 2.68. The van der Waals surface area contributed by atoms with Gasteiger partial charge in [-0.15, -0.1) is 6.58 Å². The van der Waals surface area contributed by atoms with Gasteiger partial charge in [-0.3, -0.25) is 9.59 Å². The fourth-order valence-corrected chi connectivity index (χ4v) is 2.89. The lowest BCUT2D eigenvalue weighted by Crippen LogP contribution is -2.45. The molecule has 0 unspecified atom stereocenters. The minimum Gasteiger partial charge on any atom is -0.394 e. The molecule has 0 saturated carbocycles. The molecule has 0 spiro atoms. The summed E-state index contributed by atoms with van der Waals surface area (Å²) in [6, 6.07) is -0.447. The maximum absolute atomic E-state index is 12.4. The van der Waals surface area contributed by atoms with Crippen molar-refractivity contribution in [2.24, 2.45) is 11.8 Å². The molecule has 0 aromatic heterocycles. The maximum Gasteiger partial charge on any atom is 0.224 e. The van der Waals surface area contributed by atoms with E-state index in [-0.39, 0.29) is 49.5 Å². The fourth-order valence-electron chi connectivity index (χ4n) is 2.89. The van der Waals surface area contributed by atoms with Crippen LogP contribution in [-0.4, -0.2) is 58.8 Å². The predicted octanol–water partition coefficient (Wildman–Crippen LogP) is 0.685. The van der Waals surface area contributed by atoms with Crippen molar-refractivity contribution >= 4 is 11.8 Å². The first kappa shape index (κ1) is 19.6. The molecular weight excluding hydrogens is 296 g/mol. The topological polar surface area (TPSA) is 89.9 Å². The molecule has 1 aliphatic heterocycles. The first-order valence-electron chi connectivity index (χ1n) is 8.37. The van der Waals surface area contributed by atoms with Gasteiger partial charge in [0.25, 0.3) is 0 Å². The van der Waals surface area contributed by atoms with E-state index in [1.54, 1.807) is 11.0 Å². The van der Waals surface area contributed by atoms with Crippen LogP contribution in [0.25, 0.3) is 0 Å². The van der Waals surface area contributed by atoms with Crippen LogP contribution in [0.1, 0.15) is 39.5 Å². The molecule has 6 nitrogen and oxygen atoms in total. The third-order valence-electron chi connectivity index (χ3n) is 4.48. The molecule has 6 heteroatoms. The molecule has 0 aromatic carbocycles. The number of likely N-dealkylation sites (tertiary alicyclic amines) is 1. The summed E-state index contributed by atoms with van der Waals surface area (Å²) in [5, 5.41) is 21.5. The zero-order chi connectivity index (χ0) is 17.4. The van der Waals surface area contributed by atoms with E-state index in [4.69, 9.17) is 0 Å². The lowest BCUT2D eigenvalue weighted by atomic mass is 9.97. The molecule has 1 fully saturated rings. The number of carbonyl (C=O) groups is 2. The van der Waals surface area contributed by atoms with Gasteiger partial charge in [0, 0.05) is 13.0 Å². The SMILES string of the molecule is C=CC[C@@H](CC(=O)N1CCC[C@H]1CO)C(=O)N[C@H](CO)C(C)C. The van der Waals surface area contributed by atoms with E-state index in [0.717, 1.165) is 12.8 Å². The van der Waals surface area contributed by atoms with Crippen LogP contribution < -0.4 is 5.32 Å². The van der Waals surface area contributed by atoms with Crippen LogP contribution in [0, 0.1) is 11.8 Å². The van der Waals surface area contributed by atoms with Gasteiger partial charge in [-0.2, -0.15) is 0 Å². The Morgan fingerprint density at radius 1 is 1.39 bits per heavy atom. The maximum atomic E-state index is 12.4. The summed E-state index contributed by atoms with van der Waals surface area (Å²) in [5.74, 6) is -0.714. The molecule has 0 radical (unpaired) electrons. The Morgan fingerprint density at radius 3 is 2.61 bits per heavy atom. The Labute approximate surface area is 138 Å². The molecule has 1 heterocycles. The van der Waals surface area contributed by atoms with Crippen molar-refractivity contribution in [3.63, 3.8) is 0 Å². The summed E-state index contributed by atoms with van der Waals surface area (Å²) in [6.45, 7) is 7.97. The van der Waals surface area contributed by atoms with E-state index in [1.165, 1.54) is 0 Å². The molecular formula is C17H30N2O4. The highest BCUT2D eigenvalue weighted by Gasteiger charge is 2.31. The van der Waals surface area contributed by atoms with Gasteiger partial charge < -0.3 is 20.4 Å².